The summed E-state index contributed by atoms with van der Waals surface area (Å²) in [4.78, 5) is 17.3. The number of para-hydroxylation sites is 1. The first-order valence-electron chi connectivity index (χ1n) is 8.34. The molecule has 0 saturated carbocycles. The largest absolute Gasteiger partial charge is 0.356 e. The number of hydrogen-bond donors (Lipinski definition) is 1. The minimum atomic E-state index is -0.691. The molecule has 2 heterocycles. The van der Waals surface area contributed by atoms with E-state index >= 15 is 0 Å². The number of rotatable bonds is 1. The van der Waals surface area contributed by atoms with Gasteiger partial charge in [-0.05, 0) is 48.6 Å². The highest BCUT2D eigenvalue weighted by Crippen LogP contribution is 2.41. The van der Waals surface area contributed by atoms with Crippen LogP contribution in [0.5, 0.6) is 0 Å². The van der Waals surface area contributed by atoms with Gasteiger partial charge in [-0.1, -0.05) is 18.2 Å². The van der Waals surface area contributed by atoms with Gasteiger partial charge in [0.05, 0.1) is 6.04 Å². The van der Waals surface area contributed by atoms with Crippen molar-refractivity contribution in [2.24, 2.45) is 0 Å². The Labute approximate surface area is 149 Å². The third-order valence-electron chi connectivity index (χ3n) is 4.93. The number of nitrogens with one attached hydrogen (secondary N) is 1. The number of nitrogens with zero attached hydrogens (tertiary/aromatic N) is 1. The van der Waals surface area contributed by atoms with Crippen LogP contribution < -0.4 is 0 Å². The third kappa shape index (κ3) is 2.46. The van der Waals surface area contributed by atoms with Crippen LogP contribution in [0.3, 0.4) is 0 Å². The van der Waals surface area contributed by atoms with Crippen molar-refractivity contribution in [2.45, 2.75) is 25.4 Å². The lowest BCUT2D eigenvalue weighted by molar-refractivity contribution is -0.129. The Balaban J connectivity index is 2.00. The van der Waals surface area contributed by atoms with E-state index in [0.29, 0.717) is 12.0 Å². The molecule has 4 rings (SSSR count). The number of hydrogen-bond acceptors (Lipinski definition) is 1. The van der Waals surface area contributed by atoms with E-state index in [2.05, 4.69) is 10.9 Å². The number of halogens is 2. The van der Waals surface area contributed by atoms with Crippen LogP contribution in [-0.2, 0) is 11.2 Å². The fourth-order valence-corrected chi connectivity index (χ4v) is 3.91. The van der Waals surface area contributed by atoms with E-state index in [4.69, 9.17) is 6.42 Å². The lowest BCUT2D eigenvalue weighted by Gasteiger charge is -2.39. The maximum absolute atomic E-state index is 13.9. The number of carbonyl (C=O) groups excluding carboxylic acids is 1. The van der Waals surface area contributed by atoms with Crippen molar-refractivity contribution < 1.29 is 13.6 Å². The second-order valence-electron chi connectivity index (χ2n) is 6.58. The van der Waals surface area contributed by atoms with Gasteiger partial charge in [-0.25, -0.2) is 8.78 Å². The topological polar surface area (TPSA) is 36.1 Å². The molecule has 1 aromatic heterocycles. The fourth-order valence-electron chi connectivity index (χ4n) is 3.91. The molecule has 5 heteroatoms. The number of amides is 1. The zero-order valence-corrected chi connectivity index (χ0v) is 14.1. The SMILES string of the molecule is C#CC(=O)N1[C@@H](c2cc(F)cc(F)c2)c2[nH]c3ccccc3c2C[C@@H]1C. The molecule has 0 bridgehead atoms. The minimum absolute atomic E-state index is 0.207. The van der Waals surface area contributed by atoms with Gasteiger partial charge in [0, 0.05) is 28.7 Å². The van der Waals surface area contributed by atoms with Crippen molar-refractivity contribution in [1.82, 2.24) is 9.88 Å². The molecule has 3 nitrogen and oxygen atoms in total. The molecule has 0 saturated heterocycles. The Hall–Kier alpha value is -3.13. The van der Waals surface area contributed by atoms with Crippen LogP contribution in [0.15, 0.2) is 42.5 Å². The summed E-state index contributed by atoms with van der Waals surface area (Å²) in [5.41, 5.74) is 3.06. The molecule has 1 aliphatic rings. The fraction of sp³-hybridized carbons (Fsp3) is 0.190. The molecule has 0 spiro atoms. The Bertz CT molecular complexity index is 1040. The summed E-state index contributed by atoms with van der Waals surface area (Å²) < 4.78 is 27.8. The normalized spacial score (nSPS) is 19.2. The van der Waals surface area contributed by atoms with E-state index < -0.39 is 23.6 Å². The van der Waals surface area contributed by atoms with Crippen molar-refractivity contribution in [1.29, 1.82) is 0 Å². The molecule has 1 amide bonds. The first-order valence-corrected chi connectivity index (χ1v) is 8.34. The van der Waals surface area contributed by atoms with Gasteiger partial charge >= 0.3 is 0 Å². The Morgan fingerprint density at radius 2 is 1.92 bits per heavy atom. The van der Waals surface area contributed by atoms with E-state index in [1.165, 1.54) is 17.0 Å². The summed E-state index contributed by atoms with van der Waals surface area (Å²) in [5, 5.41) is 1.05. The second-order valence-corrected chi connectivity index (χ2v) is 6.58. The number of H-pyrrole nitrogens is 1. The maximum Gasteiger partial charge on any atom is 0.299 e. The summed E-state index contributed by atoms with van der Waals surface area (Å²) in [6, 6.07) is 10.2. The van der Waals surface area contributed by atoms with Crippen LogP contribution in [0.25, 0.3) is 10.9 Å². The molecule has 2 atom stereocenters. The molecule has 26 heavy (non-hydrogen) atoms. The van der Waals surface area contributed by atoms with Gasteiger partial charge < -0.3 is 9.88 Å². The van der Waals surface area contributed by atoms with Gasteiger partial charge in [0.15, 0.2) is 0 Å². The van der Waals surface area contributed by atoms with Gasteiger partial charge in [0.25, 0.3) is 5.91 Å². The zero-order chi connectivity index (χ0) is 18.4. The zero-order valence-electron chi connectivity index (χ0n) is 14.1. The molecule has 2 aromatic carbocycles. The number of terminal acetylenes is 1. The monoisotopic (exact) mass is 350 g/mol. The van der Waals surface area contributed by atoms with Gasteiger partial charge in [0.1, 0.15) is 11.6 Å². The minimum Gasteiger partial charge on any atom is -0.356 e. The molecule has 1 N–H and O–H groups in total. The summed E-state index contributed by atoms with van der Waals surface area (Å²) in [5.74, 6) is 0.259. The summed E-state index contributed by atoms with van der Waals surface area (Å²) in [6.45, 7) is 1.89. The van der Waals surface area contributed by atoms with Crippen molar-refractivity contribution in [3.63, 3.8) is 0 Å². The van der Waals surface area contributed by atoms with Crippen molar-refractivity contribution in [3.8, 4) is 12.3 Å². The molecule has 1 aliphatic heterocycles. The smallest absolute Gasteiger partial charge is 0.299 e. The third-order valence-corrected chi connectivity index (χ3v) is 4.93. The highest BCUT2D eigenvalue weighted by Gasteiger charge is 2.38. The molecular weight excluding hydrogens is 334 g/mol. The molecule has 0 aliphatic carbocycles. The van der Waals surface area contributed by atoms with Crippen molar-refractivity contribution in [2.75, 3.05) is 0 Å². The first kappa shape index (κ1) is 16.3. The lowest BCUT2D eigenvalue weighted by atomic mass is 9.88. The van der Waals surface area contributed by atoms with E-state index in [0.717, 1.165) is 28.2 Å². The quantitative estimate of drug-likeness (QED) is 0.663. The van der Waals surface area contributed by atoms with Crippen LogP contribution in [0.1, 0.15) is 29.8 Å². The van der Waals surface area contributed by atoms with Crippen molar-refractivity contribution >= 4 is 16.8 Å². The Morgan fingerprint density at radius 1 is 1.23 bits per heavy atom. The van der Waals surface area contributed by atoms with E-state index in [-0.39, 0.29) is 6.04 Å². The van der Waals surface area contributed by atoms with Crippen molar-refractivity contribution in [3.05, 3.63) is 70.9 Å². The first-order chi connectivity index (χ1) is 12.5. The average molecular weight is 350 g/mol. The molecule has 0 radical (unpaired) electrons. The van der Waals surface area contributed by atoms with Crippen LogP contribution in [-0.4, -0.2) is 21.8 Å². The highest BCUT2D eigenvalue weighted by atomic mass is 19.1. The summed E-state index contributed by atoms with van der Waals surface area (Å²) in [7, 11) is 0. The lowest BCUT2D eigenvalue weighted by Crippen LogP contribution is -2.45. The highest BCUT2D eigenvalue weighted by molar-refractivity contribution is 5.94. The van der Waals surface area contributed by atoms with Gasteiger partial charge in [-0.15, -0.1) is 6.42 Å². The maximum atomic E-state index is 13.9. The number of aromatic nitrogens is 1. The molecule has 0 fully saturated rings. The molecule has 3 aromatic rings. The molecule has 130 valence electrons. The predicted octanol–water partition coefficient (Wildman–Crippen LogP) is 3.94. The van der Waals surface area contributed by atoms with E-state index in [1.807, 2.05) is 31.2 Å². The van der Waals surface area contributed by atoms with Crippen LogP contribution >= 0.6 is 0 Å². The summed E-state index contributed by atoms with van der Waals surface area (Å²) >= 11 is 0. The second kappa shape index (κ2) is 5.99. The predicted molar refractivity (Wildman–Crippen MR) is 95.3 cm³/mol. The van der Waals surface area contributed by atoms with Gasteiger partial charge in [0.2, 0.25) is 0 Å². The Kier molecular flexibility index (Phi) is 3.77. The number of fused-ring (bicyclic) bond motifs is 3. The van der Waals surface area contributed by atoms with Crippen LogP contribution in [0, 0.1) is 24.0 Å². The van der Waals surface area contributed by atoms with E-state index in [1.54, 1.807) is 0 Å². The number of aromatic amines is 1. The van der Waals surface area contributed by atoms with Crippen LogP contribution in [0.4, 0.5) is 8.78 Å². The number of benzene rings is 2. The van der Waals surface area contributed by atoms with Gasteiger partial charge in [-0.2, -0.15) is 0 Å². The van der Waals surface area contributed by atoms with E-state index in [9.17, 15) is 13.6 Å². The molecular formula is C21H16F2N2O. The van der Waals surface area contributed by atoms with Crippen LogP contribution in [0.2, 0.25) is 0 Å². The Morgan fingerprint density at radius 3 is 2.62 bits per heavy atom. The average Bonchev–Trinajstić information content (AvgIpc) is 2.97. The molecule has 0 unspecified atom stereocenters. The number of carbonyl (C=O) groups is 1. The summed E-state index contributed by atoms with van der Waals surface area (Å²) in [6.07, 6.45) is 5.97. The van der Waals surface area contributed by atoms with Gasteiger partial charge in [-0.3, -0.25) is 4.79 Å². The standard InChI is InChI=1S/C21H16F2N2O/c1-3-19(26)25-12(2)8-17-16-6-4-5-7-18(16)24-20(17)21(25)13-9-14(22)11-15(23)10-13/h1,4-7,9-12,21,24H,8H2,2H3/t12-,21-/m0/s1.